The van der Waals surface area contributed by atoms with Crippen molar-refractivity contribution in [2.45, 2.75) is 59.9 Å². The third kappa shape index (κ3) is 6.93. The van der Waals surface area contributed by atoms with E-state index in [9.17, 15) is 4.79 Å². The molecule has 0 saturated carbocycles. The standard InChI is InChI=1S/C12H25NO/c1-9(2)7-6-8-11(5)13-12(14)10(3)4/h9-11H,6-8H2,1-5H3,(H,13,14)/t11-/m1/s1. The van der Waals surface area contributed by atoms with Gasteiger partial charge in [-0.05, 0) is 19.3 Å². The van der Waals surface area contributed by atoms with Crippen molar-refractivity contribution in [2.75, 3.05) is 0 Å². The van der Waals surface area contributed by atoms with Gasteiger partial charge in [0.1, 0.15) is 0 Å². The SMILES string of the molecule is CC(C)CCC[C@@H](C)NC(=O)C(C)C. The van der Waals surface area contributed by atoms with Crippen LogP contribution in [-0.4, -0.2) is 11.9 Å². The van der Waals surface area contributed by atoms with Gasteiger partial charge < -0.3 is 5.32 Å². The van der Waals surface area contributed by atoms with Gasteiger partial charge >= 0.3 is 0 Å². The molecule has 0 aromatic heterocycles. The zero-order chi connectivity index (χ0) is 11.1. The lowest BCUT2D eigenvalue weighted by atomic mass is 10.0. The van der Waals surface area contributed by atoms with Crippen molar-refractivity contribution >= 4 is 5.91 Å². The summed E-state index contributed by atoms with van der Waals surface area (Å²) in [6, 6.07) is 0.323. The molecule has 0 bridgehead atoms. The van der Waals surface area contributed by atoms with Gasteiger partial charge in [-0.1, -0.05) is 40.5 Å². The van der Waals surface area contributed by atoms with Crippen molar-refractivity contribution in [1.29, 1.82) is 0 Å². The van der Waals surface area contributed by atoms with Crippen LogP contribution in [0, 0.1) is 11.8 Å². The summed E-state index contributed by atoms with van der Waals surface area (Å²) in [7, 11) is 0. The van der Waals surface area contributed by atoms with Crippen LogP contribution in [0.25, 0.3) is 0 Å². The second-order valence-corrected chi connectivity index (χ2v) is 4.89. The van der Waals surface area contributed by atoms with Crippen molar-refractivity contribution in [3.8, 4) is 0 Å². The van der Waals surface area contributed by atoms with Crippen molar-refractivity contribution < 1.29 is 4.79 Å². The summed E-state index contributed by atoms with van der Waals surface area (Å²) in [6.45, 7) is 10.4. The van der Waals surface area contributed by atoms with Crippen molar-refractivity contribution in [3.05, 3.63) is 0 Å². The number of amides is 1. The van der Waals surface area contributed by atoms with E-state index in [1.165, 1.54) is 12.8 Å². The Labute approximate surface area is 88.5 Å². The Hall–Kier alpha value is -0.530. The highest BCUT2D eigenvalue weighted by Gasteiger charge is 2.10. The van der Waals surface area contributed by atoms with Gasteiger partial charge in [-0.25, -0.2) is 0 Å². The van der Waals surface area contributed by atoms with Crippen LogP contribution in [0.1, 0.15) is 53.9 Å². The predicted molar refractivity (Wildman–Crippen MR) is 61.1 cm³/mol. The number of carbonyl (C=O) groups excluding carboxylic acids is 1. The van der Waals surface area contributed by atoms with Gasteiger partial charge in [-0.3, -0.25) is 4.79 Å². The summed E-state index contributed by atoms with van der Waals surface area (Å²) >= 11 is 0. The molecule has 0 radical (unpaired) electrons. The molecule has 0 aliphatic carbocycles. The molecule has 1 amide bonds. The predicted octanol–water partition coefficient (Wildman–Crippen LogP) is 2.97. The van der Waals surface area contributed by atoms with E-state index >= 15 is 0 Å². The highest BCUT2D eigenvalue weighted by molar-refractivity contribution is 5.78. The highest BCUT2D eigenvalue weighted by Crippen LogP contribution is 2.08. The quantitative estimate of drug-likeness (QED) is 0.700. The van der Waals surface area contributed by atoms with E-state index in [0.717, 1.165) is 12.3 Å². The highest BCUT2D eigenvalue weighted by atomic mass is 16.1. The molecular formula is C12H25NO. The van der Waals surface area contributed by atoms with Crippen LogP contribution in [-0.2, 0) is 4.79 Å². The number of nitrogens with one attached hydrogen (secondary N) is 1. The second-order valence-electron chi connectivity index (χ2n) is 4.89. The van der Waals surface area contributed by atoms with E-state index in [0.29, 0.717) is 6.04 Å². The normalized spacial score (nSPS) is 13.4. The molecule has 0 aromatic carbocycles. The van der Waals surface area contributed by atoms with E-state index in [-0.39, 0.29) is 11.8 Å². The summed E-state index contributed by atoms with van der Waals surface area (Å²) in [5, 5.41) is 3.01. The van der Waals surface area contributed by atoms with Gasteiger partial charge in [0.05, 0.1) is 0 Å². The molecule has 0 spiro atoms. The molecule has 0 saturated heterocycles. The Morgan fingerprint density at radius 3 is 2.07 bits per heavy atom. The van der Waals surface area contributed by atoms with Gasteiger partial charge in [-0.2, -0.15) is 0 Å². The first-order valence-electron chi connectivity index (χ1n) is 5.73. The maximum absolute atomic E-state index is 11.3. The monoisotopic (exact) mass is 199 g/mol. The number of hydrogen-bond acceptors (Lipinski definition) is 1. The molecular weight excluding hydrogens is 174 g/mol. The average Bonchev–Trinajstić information content (AvgIpc) is 2.02. The minimum atomic E-state index is 0.0996. The van der Waals surface area contributed by atoms with E-state index < -0.39 is 0 Å². The molecule has 0 aliphatic heterocycles. The van der Waals surface area contributed by atoms with Gasteiger partial charge in [0.15, 0.2) is 0 Å². The van der Waals surface area contributed by atoms with E-state index in [4.69, 9.17) is 0 Å². The van der Waals surface area contributed by atoms with Crippen LogP contribution in [0.3, 0.4) is 0 Å². The molecule has 0 heterocycles. The summed E-state index contributed by atoms with van der Waals surface area (Å²) in [5.74, 6) is 1.03. The Bertz CT molecular complexity index is 164. The third-order valence-corrected chi connectivity index (χ3v) is 2.33. The van der Waals surface area contributed by atoms with E-state index in [2.05, 4.69) is 26.1 Å². The smallest absolute Gasteiger partial charge is 0.222 e. The lowest BCUT2D eigenvalue weighted by molar-refractivity contribution is -0.124. The molecule has 1 atom stereocenters. The number of rotatable bonds is 6. The first-order chi connectivity index (χ1) is 6.43. The van der Waals surface area contributed by atoms with Crippen LogP contribution in [0.2, 0.25) is 0 Å². The Morgan fingerprint density at radius 2 is 1.64 bits per heavy atom. The Kier molecular flexibility index (Phi) is 6.60. The van der Waals surface area contributed by atoms with Gasteiger partial charge in [0.25, 0.3) is 0 Å². The Balaban J connectivity index is 3.55. The molecule has 14 heavy (non-hydrogen) atoms. The van der Waals surface area contributed by atoms with Crippen LogP contribution < -0.4 is 5.32 Å². The third-order valence-electron chi connectivity index (χ3n) is 2.33. The molecule has 2 heteroatoms. The van der Waals surface area contributed by atoms with Crippen molar-refractivity contribution in [1.82, 2.24) is 5.32 Å². The maximum atomic E-state index is 11.3. The average molecular weight is 199 g/mol. The minimum Gasteiger partial charge on any atom is -0.353 e. The van der Waals surface area contributed by atoms with Crippen LogP contribution in [0.15, 0.2) is 0 Å². The summed E-state index contributed by atoms with van der Waals surface area (Å²) in [5.41, 5.74) is 0. The van der Waals surface area contributed by atoms with Crippen LogP contribution >= 0.6 is 0 Å². The molecule has 84 valence electrons. The molecule has 1 N–H and O–H groups in total. The van der Waals surface area contributed by atoms with E-state index in [1.54, 1.807) is 0 Å². The first-order valence-corrected chi connectivity index (χ1v) is 5.73. The van der Waals surface area contributed by atoms with Crippen LogP contribution in [0.5, 0.6) is 0 Å². The fourth-order valence-corrected chi connectivity index (χ4v) is 1.31. The molecule has 0 rings (SSSR count). The van der Waals surface area contributed by atoms with Gasteiger partial charge in [0, 0.05) is 12.0 Å². The van der Waals surface area contributed by atoms with Gasteiger partial charge in [-0.15, -0.1) is 0 Å². The summed E-state index contributed by atoms with van der Waals surface area (Å²) in [6.07, 6.45) is 3.55. The fourth-order valence-electron chi connectivity index (χ4n) is 1.31. The fraction of sp³-hybridized carbons (Fsp3) is 0.917. The lowest BCUT2D eigenvalue weighted by Gasteiger charge is -2.15. The lowest BCUT2D eigenvalue weighted by Crippen LogP contribution is -2.35. The molecule has 0 unspecified atom stereocenters. The van der Waals surface area contributed by atoms with Crippen molar-refractivity contribution in [3.63, 3.8) is 0 Å². The first kappa shape index (κ1) is 13.5. The molecule has 0 aromatic rings. The van der Waals surface area contributed by atoms with Crippen molar-refractivity contribution in [2.24, 2.45) is 11.8 Å². The number of hydrogen-bond donors (Lipinski definition) is 1. The maximum Gasteiger partial charge on any atom is 0.222 e. The van der Waals surface area contributed by atoms with Crippen LogP contribution in [0.4, 0.5) is 0 Å². The zero-order valence-electron chi connectivity index (χ0n) is 10.3. The van der Waals surface area contributed by atoms with E-state index in [1.807, 2.05) is 13.8 Å². The molecule has 0 fully saturated rings. The minimum absolute atomic E-state index is 0.0996. The summed E-state index contributed by atoms with van der Waals surface area (Å²) < 4.78 is 0. The molecule has 2 nitrogen and oxygen atoms in total. The topological polar surface area (TPSA) is 29.1 Å². The number of carbonyl (C=O) groups is 1. The Morgan fingerprint density at radius 1 is 1.07 bits per heavy atom. The largest absolute Gasteiger partial charge is 0.353 e. The second kappa shape index (κ2) is 6.86. The molecule has 0 aliphatic rings. The summed E-state index contributed by atoms with van der Waals surface area (Å²) in [4.78, 5) is 11.3. The van der Waals surface area contributed by atoms with Gasteiger partial charge in [0.2, 0.25) is 5.91 Å². The zero-order valence-corrected chi connectivity index (χ0v) is 10.3.